The molecule has 100 valence electrons. The molecule has 0 fully saturated rings. The van der Waals surface area contributed by atoms with Crippen molar-refractivity contribution in [1.82, 2.24) is 4.90 Å². The lowest BCUT2D eigenvalue weighted by Gasteiger charge is -2.28. The van der Waals surface area contributed by atoms with E-state index in [-0.39, 0.29) is 12.0 Å². The van der Waals surface area contributed by atoms with Crippen LogP contribution >= 0.6 is 0 Å². The Bertz CT molecular complexity index is 399. The van der Waals surface area contributed by atoms with Crippen molar-refractivity contribution in [2.45, 2.75) is 26.1 Å². The number of alkyl halides is 3. The monoisotopic (exact) mass is 259 g/mol. The summed E-state index contributed by atoms with van der Waals surface area (Å²) in [6.45, 7) is 2.17. The molecule has 18 heavy (non-hydrogen) atoms. The molecule has 0 unspecified atom stereocenters. The van der Waals surface area contributed by atoms with Crippen LogP contribution in [0, 0.1) is 0 Å². The molecular formula is C12H16F3N3. The van der Waals surface area contributed by atoms with E-state index in [1.54, 1.807) is 44.2 Å². The maximum Gasteiger partial charge on any atom is 0.406 e. The Morgan fingerprint density at radius 1 is 1.28 bits per heavy atom. The smallest absolute Gasteiger partial charge is 0.369 e. The molecule has 6 heteroatoms. The van der Waals surface area contributed by atoms with Gasteiger partial charge in [0, 0.05) is 6.04 Å². The molecule has 0 bridgehead atoms. The molecule has 0 aliphatic heterocycles. The molecule has 0 saturated heterocycles. The van der Waals surface area contributed by atoms with E-state index in [1.165, 1.54) is 0 Å². The van der Waals surface area contributed by atoms with Crippen LogP contribution in [-0.4, -0.2) is 29.6 Å². The van der Waals surface area contributed by atoms with Crippen LogP contribution in [0.15, 0.2) is 35.3 Å². The van der Waals surface area contributed by atoms with Gasteiger partial charge in [-0.3, -0.25) is 0 Å². The standard InChI is InChI=1S/C12H16F3N3/c1-9(2)18(8-12(13,14)15)11(16)17-10-6-4-3-5-7-10/h3-7,9H,8H2,1-2H3,(H2,16,17). The molecule has 0 aliphatic carbocycles. The molecule has 0 atom stereocenters. The Kier molecular flexibility index (Phi) is 4.58. The maximum atomic E-state index is 12.4. The number of hydrogen-bond acceptors (Lipinski definition) is 1. The van der Waals surface area contributed by atoms with Gasteiger partial charge in [0.05, 0.1) is 5.69 Å². The number of benzene rings is 1. The van der Waals surface area contributed by atoms with Crippen LogP contribution < -0.4 is 5.73 Å². The van der Waals surface area contributed by atoms with Crippen LogP contribution in [-0.2, 0) is 0 Å². The van der Waals surface area contributed by atoms with Gasteiger partial charge in [0.25, 0.3) is 0 Å². The summed E-state index contributed by atoms with van der Waals surface area (Å²) in [6.07, 6.45) is -4.30. The van der Waals surface area contributed by atoms with Crippen LogP contribution in [0.3, 0.4) is 0 Å². The van der Waals surface area contributed by atoms with Crippen LogP contribution in [0.5, 0.6) is 0 Å². The number of guanidine groups is 1. The first kappa shape index (κ1) is 14.3. The summed E-state index contributed by atoms with van der Waals surface area (Å²) in [6, 6.07) is 8.27. The molecule has 0 aromatic heterocycles. The predicted octanol–water partition coefficient (Wildman–Crippen LogP) is 2.91. The summed E-state index contributed by atoms with van der Waals surface area (Å²) in [7, 11) is 0. The molecule has 0 heterocycles. The van der Waals surface area contributed by atoms with E-state index < -0.39 is 12.7 Å². The van der Waals surface area contributed by atoms with Gasteiger partial charge >= 0.3 is 6.18 Å². The lowest BCUT2D eigenvalue weighted by Crippen LogP contribution is -2.46. The van der Waals surface area contributed by atoms with Crippen molar-refractivity contribution in [3.8, 4) is 0 Å². The minimum Gasteiger partial charge on any atom is -0.369 e. The van der Waals surface area contributed by atoms with Crippen LogP contribution in [0.1, 0.15) is 13.8 Å². The summed E-state index contributed by atoms with van der Waals surface area (Å²) < 4.78 is 37.2. The molecule has 1 rings (SSSR count). The van der Waals surface area contributed by atoms with E-state index in [1.807, 2.05) is 0 Å². The van der Waals surface area contributed by atoms with Gasteiger partial charge in [0.1, 0.15) is 6.54 Å². The van der Waals surface area contributed by atoms with Crippen LogP contribution in [0.2, 0.25) is 0 Å². The highest BCUT2D eigenvalue weighted by molar-refractivity contribution is 5.81. The first-order valence-corrected chi connectivity index (χ1v) is 5.52. The zero-order valence-electron chi connectivity index (χ0n) is 10.3. The summed E-state index contributed by atoms with van der Waals surface area (Å²) in [5, 5.41) is 0. The molecule has 0 amide bonds. The highest BCUT2D eigenvalue weighted by Crippen LogP contribution is 2.19. The Labute approximate surface area is 104 Å². The van der Waals surface area contributed by atoms with Gasteiger partial charge in [-0.1, -0.05) is 18.2 Å². The van der Waals surface area contributed by atoms with E-state index in [0.29, 0.717) is 5.69 Å². The number of para-hydroxylation sites is 1. The van der Waals surface area contributed by atoms with Crippen molar-refractivity contribution in [1.29, 1.82) is 0 Å². The summed E-state index contributed by atoms with van der Waals surface area (Å²) in [5.41, 5.74) is 6.16. The largest absolute Gasteiger partial charge is 0.406 e. The van der Waals surface area contributed by atoms with Crippen molar-refractivity contribution < 1.29 is 13.2 Å². The summed E-state index contributed by atoms with van der Waals surface area (Å²) >= 11 is 0. The van der Waals surface area contributed by atoms with Gasteiger partial charge in [-0.15, -0.1) is 0 Å². The van der Waals surface area contributed by atoms with Gasteiger partial charge in [-0.2, -0.15) is 13.2 Å². The summed E-state index contributed by atoms with van der Waals surface area (Å²) in [5.74, 6) is -0.131. The third kappa shape index (κ3) is 4.65. The highest BCUT2D eigenvalue weighted by Gasteiger charge is 2.32. The second kappa shape index (κ2) is 5.75. The van der Waals surface area contributed by atoms with E-state index in [4.69, 9.17) is 5.73 Å². The normalized spacial score (nSPS) is 12.9. The lowest BCUT2D eigenvalue weighted by atomic mass is 10.3. The molecule has 0 aliphatic rings. The minimum absolute atomic E-state index is 0.131. The van der Waals surface area contributed by atoms with E-state index >= 15 is 0 Å². The van der Waals surface area contributed by atoms with Gasteiger partial charge in [0.15, 0.2) is 5.96 Å². The number of nitrogens with zero attached hydrogens (tertiary/aromatic N) is 2. The topological polar surface area (TPSA) is 41.6 Å². The van der Waals surface area contributed by atoms with Crippen molar-refractivity contribution in [2.75, 3.05) is 6.54 Å². The van der Waals surface area contributed by atoms with Gasteiger partial charge < -0.3 is 10.6 Å². The van der Waals surface area contributed by atoms with Crippen LogP contribution in [0.25, 0.3) is 0 Å². The lowest BCUT2D eigenvalue weighted by molar-refractivity contribution is -0.140. The van der Waals surface area contributed by atoms with Crippen molar-refractivity contribution in [3.05, 3.63) is 30.3 Å². The van der Waals surface area contributed by atoms with Gasteiger partial charge in [0.2, 0.25) is 0 Å². The quantitative estimate of drug-likeness (QED) is 0.670. The molecule has 2 N–H and O–H groups in total. The average molecular weight is 259 g/mol. The van der Waals surface area contributed by atoms with E-state index in [2.05, 4.69) is 4.99 Å². The Morgan fingerprint density at radius 2 is 1.83 bits per heavy atom. The Hall–Kier alpha value is -1.72. The number of rotatable bonds is 3. The second-order valence-electron chi connectivity index (χ2n) is 4.14. The second-order valence-corrected chi connectivity index (χ2v) is 4.14. The van der Waals surface area contributed by atoms with Crippen LogP contribution in [0.4, 0.5) is 18.9 Å². The fraction of sp³-hybridized carbons (Fsp3) is 0.417. The Morgan fingerprint density at radius 3 is 2.28 bits per heavy atom. The van der Waals surface area contributed by atoms with Gasteiger partial charge in [-0.25, -0.2) is 4.99 Å². The third-order valence-electron chi connectivity index (χ3n) is 2.27. The highest BCUT2D eigenvalue weighted by atomic mass is 19.4. The minimum atomic E-state index is -4.30. The molecule has 1 aromatic rings. The number of nitrogens with two attached hydrogens (primary N) is 1. The molecule has 3 nitrogen and oxygen atoms in total. The van der Waals surface area contributed by atoms with E-state index in [9.17, 15) is 13.2 Å². The van der Waals surface area contributed by atoms with E-state index in [0.717, 1.165) is 4.90 Å². The van der Waals surface area contributed by atoms with Crippen molar-refractivity contribution in [3.63, 3.8) is 0 Å². The average Bonchev–Trinajstić information content (AvgIpc) is 2.25. The molecule has 0 radical (unpaired) electrons. The molecule has 0 saturated carbocycles. The zero-order chi connectivity index (χ0) is 13.8. The maximum absolute atomic E-state index is 12.4. The predicted molar refractivity (Wildman–Crippen MR) is 65.6 cm³/mol. The number of aliphatic imine (C=N–C) groups is 1. The third-order valence-corrected chi connectivity index (χ3v) is 2.27. The van der Waals surface area contributed by atoms with Crippen molar-refractivity contribution >= 4 is 11.6 Å². The molecular weight excluding hydrogens is 243 g/mol. The fourth-order valence-corrected chi connectivity index (χ4v) is 1.42. The fourth-order valence-electron chi connectivity index (χ4n) is 1.42. The number of halogens is 3. The molecule has 0 spiro atoms. The molecule has 1 aromatic carbocycles. The van der Waals surface area contributed by atoms with Crippen molar-refractivity contribution in [2.24, 2.45) is 10.7 Å². The summed E-state index contributed by atoms with van der Waals surface area (Å²) in [4.78, 5) is 5.01. The van der Waals surface area contributed by atoms with Gasteiger partial charge in [-0.05, 0) is 26.0 Å². The first-order valence-electron chi connectivity index (χ1n) is 5.52. The number of hydrogen-bond donors (Lipinski definition) is 1. The Balaban J connectivity index is 2.90. The zero-order valence-corrected chi connectivity index (χ0v) is 10.3. The SMILES string of the molecule is CC(C)N(CC(F)(F)F)C(N)=Nc1ccccc1. The first-order chi connectivity index (χ1) is 8.29.